The number of fused-ring (bicyclic) bond motifs is 1. The number of tetrazole rings is 1. The van der Waals surface area contributed by atoms with E-state index in [2.05, 4.69) is 20.8 Å². The highest BCUT2D eigenvalue weighted by molar-refractivity contribution is 6.30. The molecular weight excluding hydrogens is 390 g/mol. The maximum Gasteiger partial charge on any atom is 0.248 e. The third kappa shape index (κ3) is 4.20. The second kappa shape index (κ2) is 7.89. The number of amides is 1. The summed E-state index contributed by atoms with van der Waals surface area (Å²) in [6.07, 6.45) is 5.17. The Kier molecular flexibility index (Phi) is 5.14. The van der Waals surface area contributed by atoms with Gasteiger partial charge in [-0.3, -0.25) is 4.79 Å². The minimum Gasteiger partial charge on any atom is -0.488 e. The van der Waals surface area contributed by atoms with Gasteiger partial charge in [0.05, 0.1) is 5.69 Å². The number of aromatic nitrogens is 4. The average molecular weight is 408 g/mol. The molecular formula is C21H18ClN5O2. The predicted molar refractivity (Wildman–Crippen MR) is 111 cm³/mol. The molecule has 0 radical (unpaired) electrons. The van der Waals surface area contributed by atoms with E-state index < -0.39 is 0 Å². The topological polar surface area (TPSA) is 81.9 Å². The number of halogens is 1. The van der Waals surface area contributed by atoms with Crippen molar-refractivity contribution in [2.75, 3.05) is 11.9 Å². The molecule has 1 N–H and O–H groups in total. The summed E-state index contributed by atoms with van der Waals surface area (Å²) in [5.41, 5.74) is 4.23. The van der Waals surface area contributed by atoms with Gasteiger partial charge in [-0.15, -0.1) is 5.10 Å². The summed E-state index contributed by atoms with van der Waals surface area (Å²) >= 11 is 6.03. The molecule has 1 aliphatic rings. The maximum atomic E-state index is 12.4. The van der Waals surface area contributed by atoms with Gasteiger partial charge in [0.1, 0.15) is 12.4 Å². The molecule has 2 heterocycles. The molecule has 0 spiro atoms. The molecule has 1 aromatic heterocycles. The highest BCUT2D eigenvalue weighted by atomic mass is 35.5. The van der Waals surface area contributed by atoms with Crippen LogP contribution < -0.4 is 10.1 Å². The number of anilines is 1. The normalized spacial score (nSPS) is 13.0. The molecule has 0 fully saturated rings. The number of ether oxygens (including phenoxy) is 1. The Morgan fingerprint density at radius 1 is 1.24 bits per heavy atom. The lowest BCUT2D eigenvalue weighted by molar-refractivity contribution is -0.111. The van der Waals surface area contributed by atoms with Crippen LogP contribution in [0.3, 0.4) is 0 Å². The van der Waals surface area contributed by atoms with Gasteiger partial charge >= 0.3 is 0 Å². The first kappa shape index (κ1) is 18.9. The van der Waals surface area contributed by atoms with Gasteiger partial charge in [-0.2, -0.15) is 4.68 Å². The van der Waals surface area contributed by atoms with Gasteiger partial charge in [-0.05, 0) is 71.8 Å². The van der Waals surface area contributed by atoms with Gasteiger partial charge in [0.25, 0.3) is 0 Å². The zero-order valence-electron chi connectivity index (χ0n) is 15.9. The lowest BCUT2D eigenvalue weighted by atomic mass is 10.1. The molecule has 7 nitrogen and oxygen atoms in total. The molecule has 3 aromatic rings. The number of hydrogen-bond acceptors (Lipinski definition) is 5. The molecule has 0 atom stereocenters. The van der Waals surface area contributed by atoms with Crippen LogP contribution in [-0.4, -0.2) is 32.7 Å². The van der Waals surface area contributed by atoms with Crippen LogP contribution in [0, 0.1) is 13.8 Å². The fourth-order valence-corrected chi connectivity index (χ4v) is 3.18. The van der Waals surface area contributed by atoms with Crippen molar-refractivity contribution in [2.24, 2.45) is 0 Å². The summed E-state index contributed by atoms with van der Waals surface area (Å²) in [7, 11) is 0. The van der Waals surface area contributed by atoms with Crippen LogP contribution in [0.4, 0.5) is 5.69 Å². The van der Waals surface area contributed by atoms with E-state index in [-0.39, 0.29) is 5.91 Å². The highest BCUT2D eigenvalue weighted by Crippen LogP contribution is 2.29. The Morgan fingerprint density at radius 2 is 2.10 bits per heavy atom. The first-order valence-corrected chi connectivity index (χ1v) is 9.35. The molecule has 0 aliphatic carbocycles. The van der Waals surface area contributed by atoms with Gasteiger partial charge in [-0.25, -0.2) is 0 Å². The van der Waals surface area contributed by atoms with Gasteiger partial charge in [-0.1, -0.05) is 23.7 Å². The molecule has 0 saturated carbocycles. The summed E-state index contributed by atoms with van der Waals surface area (Å²) in [4.78, 5) is 12.4. The molecule has 2 aromatic carbocycles. The predicted octanol–water partition coefficient (Wildman–Crippen LogP) is 3.90. The summed E-state index contributed by atoms with van der Waals surface area (Å²) in [6, 6.07) is 11.0. The third-order valence-electron chi connectivity index (χ3n) is 4.49. The Bertz CT molecular complexity index is 1150. The minimum absolute atomic E-state index is 0.244. The molecule has 29 heavy (non-hydrogen) atoms. The largest absolute Gasteiger partial charge is 0.488 e. The molecule has 1 amide bonds. The van der Waals surface area contributed by atoms with Crippen LogP contribution in [0.2, 0.25) is 5.02 Å². The van der Waals surface area contributed by atoms with Gasteiger partial charge < -0.3 is 10.1 Å². The van der Waals surface area contributed by atoms with Crippen molar-refractivity contribution in [1.29, 1.82) is 0 Å². The number of carbonyl (C=O) groups excluding carboxylic acids is 1. The molecule has 4 rings (SSSR count). The van der Waals surface area contributed by atoms with Gasteiger partial charge in [0, 0.05) is 22.3 Å². The SMILES string of the molecule is Cc1ccc(NC(=O)/C=C/C2=Cc3cc(Cl)ccc3OC2)cc1-n1nnnc1C. The number of carbonyl (C=O) groups is 1. The number of aryl methyl sites for hydroxylation is 2. The molecule has 0 bridgehead atoms. The van der Waals surface area contributed by atoms with Crippen molar-refractivity contribution in [3.05, 3.63) is 76.1 Å². The van der Waals surface area contributed by atoms with Crippen molar-refractivity contribution in [2.45, 2.75) is 13.8 Å². The Labute approximate surface area is 172 Å². The Balaban J connectivity index is 1.49. The average Bonchev–Trinajstić information content (AvgIpc) is 3.13. The van der Waals surface area contributed by atoms with Crippen molar-refractivity contribution in [3.63, 3.8) is 0 Å². The third-order valence-corrected chi connectivity index (χ3v) is 4.72. The smallest absolute Gasteiger partial charge is 0.248 e. The zero-order chi connectivity index (χ0) is 20.4. The minimum atomic E-state index is -0.244. The molecule has 0 unspecified atom stereocenters. The van der Waals surface area contributed by atoms with Crippen LogP contribution in [0.15, 0.2) is 54.1 Å². The van der Waals surface area contributed by atoms with Crippen LogP contribution in [0.25, 0.3) is 11.8 Å². The molecule has 1 aliphatic heterocycles. The number of nitrogens with zero attached hydrogens (tertiary/aromatic N) is 4. The summed E-state index contributed by atoms with van der Waals surface area (Å²) < 4.78 is 7.32. The summed E-state index contributed by atoms with van der Waals surface area (Å²) in [6.45, 7) is 4.17. The molecule has 8 heteroatoms. The first-order valence-electron chi connectivity index (χ1n) is 8.97. The standard InChI is InChI=1S/C21H18ClN5O2/c1-13-3-6-18(11-19(13)27-14(2)24-25-26-27)23-21(28)8-4-15-9-16-10-17(22)5-7-20(16)29-12-15/h3-11H,12H2,1-2H3,(H,23,28)/b8-4+. The Hall–Kier alpha value is -3.45. The fraction of sp³-hybridized carbons (Fsp3) is 0.143. The molecule has 0 saturated heterocycles. The number of rotatable bonds is 4. The van der Waals surface area contributed by atoms with Gasteiger partial charge in [0.2, 0.25) is 5.91 Å². The van der Waals surface area contributed by atoms with Crippen LogP contribution in [0.1, 0.15) is 17.0 Å². The first-order chi connectivity index (χ1) is 14.0. The molecule has 146 valence electrons. The van der Waals surface area contributed by atoms with Crippen molar-refractivity contribution < 1.29 is 9.53 Å². The maximum absolute atomic E-state index is 12.4. The van der Waals surface area contributed by atoms with Crippen LogP contribution in [-0.2, 0) is 4.79 Å². The van der Waals surface area contributed by atoms with Crippen molar-refractivity contribution >= 4 is 29.3 Å². The van der Waals surface area contributed by atoms with E-state index >= 15 is 0 Å². The highest BCUT2D eigenvalue weighted by Gasteiger charge is 2.11. The van der Waals surface area contributed by atoms with E-state index in [0.717, 1.165) is 28.1 Å². The summed E-state index contributed by atoms with van der Waals surface area (Å²) in [5, 5.41) is 15.1. The zero-order valence-corrected chi connectivity index (χ0v) is 16.6. The van der Waals surface area contributed by atoms with E-state index in [1.165, 1.54) is 6.08 Å². The van der Waals surface area contributed by atoms with E-state index in [9.17, 15) is 4.79 Å². The van der Waals surface area contributed by atoms with E-state index in [1.54, 1.807) is 16.8 Å². The number of benzene rings is 2. The number of nitrogens with one attached hydrogen (secondary N) is 1. The monoisotopic (exact) mass is 407 g/mol. The van der Waals surface area contributed by atoms with Gasteiger partial charge in [0.15, 0.2) is 5.82 Å². The van der Waals surface area contributed by atoms with Crippen LogP contribution in [0.5, 0.6) is 5.75 Å². The lowest BCUT2D eigenvalue weighted by Crippen LogP contribution is -2.11. The Morgan fingerprint density at radius 3 is 2.90 bits per heavy atom. The second-order valence-electron chi connectivity index (χ2n) is 6.65. The van der Waals surface area contributed by atoms with E-state index in [4.69, 9.17) is 16.3 Å². The fourth-order valence-electron chi connectivity index (χ4n) is 3.00. The van der Waals surface area contributed by atoms with Crippen LogP contribution >= 0.6 is 11.6 Å². The second-order valence-corrected chi connectivity index (χ2v) is 7.09. The van der Waals surface area contributed by atoms with Crippen molar-refractivity contribution in [3.8, 4) is 11.4 Å². The van der Waals surface area contributed by atoms with E-state index in [0.29, 0.717) is 23.1 Å². The summed E-state index contributed by atoms with van der Waals surface area (Å²) in [5.74, 6) is 1.20. The lowest BCUT2D eigenvalue weighted by Gasteiger charge is -2.16. The van der Waals surface area contributed by atoms with Crippen molar-refractivity contribution in [1.82, 2.24) is 20.2 Å². The number of hydrogen-bond donors (Lipinski definition) is 1. The van der Waals surface area contributed by atoms with E-state index in [1.807, 2.05) is 50.3 Å². The quantitative estimate of drug-likeness (QED) is 0.663.